The predicted molar refractivity (Wildman–Crippen MR) is 93.2 cm³/mol. The molecule has 4 nitrogen and oxygen atoms in total. The second kappa shape index (κ2) is 6.80. The Morgan fingerprint density at radius 2 is 1.96 bits per heavy atom. The first-order valence-electron chi connectivity index (χ1n) is 7.24. The summed E-state index contributed by atoms with van der Waals surface area (Å²) in [4.78, 5) is 17.8. The number of nitrogens with zero attached hydrogens (tertiary/aromatic N) is 1. The van der Waals surface area contributed by atoms with Crippen LogP contribution in [-0.4, -0.2) is 18.0 Å². The van der Waals surface area contributed by atoms with Gasteiger partial charge in [-0.2, -0.15) is 0 Å². The zero-order valence-corrected chi connectivity index (χ0v) is 14.0. The number of nitrogens with one attached hydrogen (secondary N) is 1. The van der Waals surface area contributed by atoms with Crippen molar-refractivity contribution in [2.24, 2.45) is 0 Å². The molecule has 2 aromatic heterocycles. The molecule has 0 atom stereocenters. The third-order valence-electron chi connectivity index (χ3n) is 3.51. The van der Waals surface area contributed by atoms with E-state index in [1.165, 1.54) is 23.5 Å². The number of rotatable bonds is 4. The van der Waals surface area contributed by atoms with Crippen molar-refractivity contribution < 1.29 is 13.9 Å². The maximum Gasteiger partial charge on any atom is 0.266 e. The monoisotopic (exact) mass is 342 g/mol. The first kappa shape index (κ1) is 16.1. The number of ether oxygens (including phenoxy) is 1. The molecule has 122 valence electrons. The van der Waals surface area contributed by atoms with Gasteiger partial charge in [0.25, 0.3) is 5.91 Å². The molecule has 0 aliphatic carbocycles. The van der Waals surface area contributed by atoms with E-state index in [-0.39, 0.29) is 5.91 Å². The lowest BCUT2D eigenvalue weighted by Crippen LogP contribution is -2.11. The molecular formula is C18H15FN2O2S. The highest BCUT2D eigenvalue weighted by molar-refractivity contribution is 7.14. The molecule has 24 heavy (non-hydrogen) atoms. The first-order valence-corrected chi connectivity index (χ1v) is 8.06. The van der Waals surface area contributed by atoms with Crippen molar-refractivity contribution in [2.45, 2.75) is 6.92 Å². The number of anilines is 1. The van der Waals surface area contributed by atoms with Gasteiger partial charge in [-0.15, -0.1) is 11.3 Å². The number of hydrogen-bond acceptors (Lipinski definition) is 4. The van der Waals surface area contributed by atoms with Gasteiger partial charge in [-0.05, 0) is 48.4 Å². The second-order valence-electron chi connectivity index (χ2n) is 5.12. The number of carbonyl (C=O) groups is 1. The van der Waals surface area contributed by atoms with Crippen molar-refractivity contribution in [1.82, 2.24) is 4.98 Å². The third kappa shape index (κ3) is 3.44. The van der Waals surface area contributed by atoms with E-state index in [4.69, 9.17) is 4.74 Å². The summed E-state index contributed by atoms with van der Waals surface area (Å²) in [6.45, 7) is 1.97. The van der Waals surface area contributed by atoms with Crippen LogP contribution in [0, 0.1) is 12.7 Å². The molecule has 1 amide bonds. The van der Waals surface area contributed by atoms with Crippen LogP contribution in [0.1, 0.15) is 14.5 Å². The van der Waals surface area contributed by atoms with E-state index in [2.05, 4.69) is 10.3 Å². The Morgan fingerprint density at radius 3 is 2.58 bits per heavy atom. The molecule has 0 saturated heterocycles. The molecule has 0 unspecified atom stereocenters. The molecule has 0 spiro atoms. The summed E-state index contributed by atoms with van der Waals surface area (Å²) in [5, 5.41) is 2.67. The van der Waals surface area contributed by atoms with Gasteiger partial charge in [0.15, 0.2) is 0 Å². The minimum atomic E-state index is -0.443. The molecule has 0 bridgehead atoms. The van der Waals surface area contributed by atoms with Gasteiger partial charge in [0.1, 0.15) is 17.4 Å². The standard InChI is InChI=1S/C18H15FN2O2S/c1-11-15(12-3-6-14(23-2)7-4-12)9-16(24-11)18(22)21-17-8-5-13(19)10-20-17/h3-10H,1-2H3,(H,20,21,22). The molecule has 2 heterocycles. The predicted octanol–water partition coefficient (Wildman–Crippen LogP) is 4.52. The van der Waals surface area contributed by atoms with Gasteiger partial charge < -0.3 is 10.1 Å². The SMILES string of the molecule is COc1ccc(-c2cc(C(=O)Nc3ccc(F)cn3)sc2C)cc1. The van der Waals surface area contributed by atoms with Gasteiger partial charge in [-0.3, -0.25) is 4.79 Å². The van der Waals surface area contributed by atoms with Gasteiger partial charge in [0.05, 0.1) is 18.2 Å². The van der Waals surface area contributed by atoms with E-state index in [0.717, 1.165) is 28.0 Å². The van der Waals surface area contributed by atoms with Crippen LogP contribution in [0.15, 0.2) is 48.7 Å². The first-order chi connectivity index (χ1) is 11.6. The van der Waals surface area contributed by atoms with Crippen molar-refractivity contribution in [1.29, 1.82) is 0 Å². The smallest absolute Gasteiger partial charge is 0.266 e. The molecule has 1 N–H and O–H groups in total. The van der Waals surface area contributed by atoms with Crippen LogP contribution >= 0.6 is 11.3 Å². The van der Waals surface area contributed by atoms with Crippen LogP contribution in [0.3, 0.4) is 0 Å². The Balaban J connectivity index is 1.82. The van der Waals surface area contributed by atoms with E-state index < -0.39 is 5.82 Å². The summed E-state index contributed by atoms with van der Waals surface area (Å²) in [5.41, 5.74) is 2.02. The molecule has 6 heteroatoms. The fourth-order valence-electron chi connectivity index (χ4n) is 2.28. The van der Waals surface area contributed by atoms with E-state index >= 15 is 0 Å². The lowest BCUT2D eigenvalue weighted by molar-refractivity contribution is 0.103. The molecule has 0 radical (unpaired) electrons. The maximum atomic E-state index is 12.9. The normalized spacial score (nSPS) is 10.5. The van der Waals surface area contributed by atoms with Crippen LogP contribution in [0.4, 0.5) is 10.2 Å². The van der Waals surface area contributed by atoms with Gasteiger partial charge in [0, 0.05) is 4.88 Å². The maximum absolute atomic E-state index is 12.9. The summed E-state index contributed by atoms with van der Waals surface area (Å²) in [5.74, 6) is 0.397. The van der Waals surface area contributed by atoms with Crippen LogP contribution in [-0.2, 0) is 0 Å². The number of methoxy groups -OCH3 is 1. The number of hydrogen-bond donors (Lipinski definition) is 1. The van der Waals surface area contributed by atoms with Gasteiger partial charge in [0.2, 0.25) is 0 Å². The van der Waals surface area contributed by atoms with Crippen molar-refractivity contribution in [3.8, 4) is 16.9 Å². The van der Waals surface area contributed by atoms with E-state index in [9.17, 15) is 9.18 Å². The molecule has 0 aliphatic rings. The highest BCUT2D eigenvalue weighted by Crippen LogP contribution is 2.32. The van der Waals surface area contributed by atoms with Crippen LogP contribution in [0.25, 0.3) is 11.1 Å². The topological polar surface area (TPSA) is 51.2 Å². The zero-order valence-electron chi connectivity index (χ0n) is 13.2. The van der Waals surface area contributed by atoms with Crippen LogP contribution in [0.2, 0.25) is 0 Å². The summed E-state index contributed by atoms with van der Waals surface area (Å²) >= 11 is 1.40. The summed E-state index contributed by atoms with van der Waals surface area (Å²) in [7, 11) is 1.62. The van der Waals surface area contributed by atoms with Crippen LogP contribution < -0.4 is 10.1 Å². The summed E-state index contributed by atoms with van der Waals surface area (Å²) < 4.78 is 18.0. The Labute approximate surface area is 142 Å². The lowest BCUT2D eigenvalue weighted by Gasteiger charge is -2.03. The van der Waals surface area contributed by atoms with E-state index in [1.807, 2.05) is 37.3 Å². The highest BCUT2D eigenvalue weighted by Gasteiger charge is 2.14. The van der Waals surface area contributed by atoms with Crippen LogP contribution in [0.5, 0.6) is 5.75 Å². The number of amides is 1. The minimum Gasteiger partial charge on any atom is -0.497 e. The molecule has 0 fully saturated rings. The Morgan fingerprint density at radius 1 is 1.21 bits per heavy atom. The molecular weight excluding hydrogens is 327 g/mol. The minimum absolute atomic E-state index is 0.262. The number of benzene rings is 1. The second-order valence-corrected chi connectivity index (χ2v) is 6.38. The Kier molecular flexibility index (Phi) is 4.57. The number of carbonyl (C=O) groups excluding carboxylic acids is 1. The summed E-state index contributed by atoms with van der Waals surface area (Å²) in [6, 6.07) is 12.2. The van der Waals surface area contributed by atoms with Crippen molar-refractivity contribution in [3.63, 3.8) is 0 Å². The number of pyridine rings is 1. The fraction of sp³-hybridized carbons (Fsp3) is 0.111. The van der Waals surface area contributed by atoms with Crippen molar-refractivity contribution in [2.75, 3.05) is 12.4 Å². The van der Waals surface area contributed by atoms with E-state index in [0.29, 0.717) is 10.7 Å². The number of aryl methyl sites for hydroxylation is 1. The third-order valence-corrected chi connectivity index (χ3v) is 4.56. The average molecular weight is 342 g/mol. The quantitative estimate of drug-likeness (QED) is 0.758. The number of halogens is 1. The average Bonchev–Trinajstić information content (AvgIpc) is 2.99. The van der Waals surface area contributed by atoms with Crippen molar-refractivity contribution >= 4 is 23.1 Å². The van der Waals surface area contributed by atoms with Gasteiger partial charge in [-0.1, -0.05) is 12.1 Å². The molecule has 3 rings (SSSR count). The fourth-order valence-corrected chi connectivity index (χ4v) is 3.22. The van der Waals surface area contributed by atoms with Gasteiger partial charge >= 0.3 is 0 Å². The molecule has 1 aromatic carbocycles. The number of thiophene rings is 1. The Bertz CT molecular complexity index is 858. The lowest BCUT2D eigenvalue weighted by atomic mass is 10.1. The van der Waals surface area contributed by atoms with Gasteiger partial charge in [-0.25, -0.2) is 9.37 Å². The van der Waals surface area contributed by atoms with Crippen molar-refractivity contribution in [3.05, 3.63) is 64.2 Å². The zero-order chi connectivity index (χ0) is 17.1. The Hall–Kier alpha value is -2.73. The van der Waals surface area contributed by atoms with E-state index in [1.54, 1.807) is 7.11 Å². The highest BCUT2D eigenvalue weighted by atomic mass is 32.1. The largest absolute Gasteiger partial charge is 0.497 e. The molecule has 3 aromatic rings. The molecule has 0 aliphatic heterocycles. The molecule has 0 saturated carbocycles. The summed E-state index contributed by atoms with van der Waals surface area (Å²) in [6.07, 6.45) is 1.07. The number of aromatic nitrogens is 1.